The Bertz CT molecular complexity index is 1530. The van der Waals surface area contributed by atoms with Crippen LogP contribution in [0.1, 0.15) is 27.8 Å². The molecule has 0 amide bonds. The van der Waals surface area contributed by atoms with Crippen molar-refractivity contribution < 1.29 is 0 Å². The summed E-state index contributed by atoms with van der Waals surface area (Å²) < 4.78 is 0. The SMILES string of the molecule is C[Si](C)(C1=C(c2ccccc2)[C@](Cc2ccccc2)(c2ccccc2)c2ccccc21)c1ccccc1. The molecule has 1 aliphatic carbocycles. The molecule has 0 saturated heterocycles. The monoisotopic (exact) mass is 492 g/mol. The van der Waals surface area contributed by atoms with Crippen molar-refractivity contribution in [1.29, 1.82) is 0 Å². The molecule has 5 aromatic carbocycles. The molecule has 1 aliphatic rings. The van der Waals surface area contributed by atoms with E-state index in [0.29, 0.717) is 0 Å². The number of benzene rings is 5. The van der Waals surface area contributed by atoms with E-state index in [4.69, 9.17) is 0 Å². The van der Waals surface area contributed by atoms with Crippen LogP contribution < -0.4 is 5.19 Å². The molecule has 0 aliphatic heterocycles. The number of hydrogen-bond donors (Lipinski definition) is 0. The lowest BCUT2D eigenvalue weighted by Crippen LogP contribution is -2.43. The van der Waals surface area contributed by atoms with Gasteiger partial charge in [-0.3, -0.25) is 0 Å². The first-order valence-electron chi connectivity index (χ1n) is 13.2. The highest BCUT2D eigenvalue weighted by Gasteiger charge is 2.50. The van der Waals surface area contributed by atoms with Crippen molar-refractivity contribution in [2.45, 2.75) is 24.9 Å². The van der Waals surface area contributed by atoms with Crippen LogP contribution in [0, 0.1) is 0 Å². The fraction of sp³-hybridized carbons (Fsp3) is 0.111. The van der Waals surface area contributed by atoms with Crippen LogP contribution in [0.3, 0.4) is 0 Å². The summed E-state index contributed by atoms with van der Waals surface area (Å²) in [6.45, 7) is 5.06. The Morgan fingerprint density at radius 1 is 0.541 bits per heavy atom. The summed E-state index contributed by atoms with van der Waals surface area (Å²) in [5.74, 6) is 0. The van der Waals surface area contributed by atoms with E-state index < -0.39 is 8.07 Å². The van der Waals surface area contributed by atoms with Gasteiger partial charge >= 0.3 is 0 Å². The third-order valence-electron chi connectivity index (χ3n) is 8.09. The number of rotatable bonds is 6. The molecular formula is C36H32Si. The molecule has 0 N–H and O–H groups in total. The summed E-state index contributed by atoms with van der Waals surface area (Å²) in [5, 5.41) is 3.03. The summed E-state index contributed by atoms with van der Waals surface area (Å²) in [6, 6.07) is 53.8. The standard InChI is InChI=1S/C36H32Si/c1-37(2,31-23-13-6-14-24-31)35-32-25-15-16-26-33(32)36(30-21-11-5-12-22-30,27-28-17-7-3-8-18-28)34(35)29-19-9-4-10-20-29/h3-26H,27H2,1-2H3/t36-/m1/s1. The van der Waals surface area contributed by atoms with Crippen LogP contribution in [-0.2, 0) is 11.8 Å². The molecule has 37 heavy (non-hydrogen) atoms. The van der Waals surface area contributed by atoms with Crippen LogP contribution in [-0.4, -0.2) is 8.07 Å². The van der Waals surface area contributed by atoms with E-state index in [-0.39, 0.29) is 5.41 Å². The summed E-state index contributed by atoms with van der Waals surface area (Å²) in [7, 11) is -2.10. The Hall–Kier alpha value is -3.94. The Labute approximate surface area is 222 Å². The normalized spacial score (nSPS) is 17.0. The molecule has 0 spiro atoms. The van der Waals surface area contributed by atoms with Crippen LogP contribution in [0.2, 0.25) is 13.1 Å². The van der Waals surface area contributed by atoms with Crippen LogP contribution in [0.25, 0.3) is 10.8 Å². The smallest absolute Gasteiger partial charge is 0.0626 e. The van der Waals surface area contributed by atoms with E-state index in [1.54, 1.807) is 5.20 Å². The van der Waals surface area contributed by atoms with E-state index in [1.807, 2.05) is 0 Å². The molecule has 5 aromatic rings. The molecule has 0 saturated carbocycles. The van der Waals surface area contributed by atoms with E-state index >= 15 is 0 Å². The van der Waals surface area contributed by atoms with Crippen molar-refractivity contribution >= 4 is 24.0 Å². The van der Waals surface area contributed by atoms with E-state index in [9.17, 15) is 0 Å². The highest BCUT2D eigenvalue weighted by atomic mass is 28.3. The van der Waals surface area contributed by atoms with Crippen molar-refractivity contribution in [3.63, 3.8) is 0 Å². The third-order valence-corrected chi connectivity index (χ3v) is 11.6. The quantitative estimate of drug-likeness (QED) is 0.209. The van der Waals surface area contributed by atoms with Gasteiger partial charge in [-0.2, -0.15) is 0 Å². The summed E-state index contributed by atoms with van der Waals surface area (Å²) in [5.41, 5.74) is 8.08. The first-order chi connectivity index (χ1) is 18.1. The van der Waals surface area contributed by atoms with Crippen molar-refractivity contribution in [1.82, 2.24) is 0 Å². The fourth-order valence-electron chi connectivity index (χ4n) is 6.41. The molecule has 0 nitrogen and oxygen atoms in total. The number of hydrogen-bond acceptors (Lipinski definition) is 0. The lowest BCUT2D eigenvalue weighted by molar-refractivity contribution is 0.667. The van der Waals surface area contributed by atoms with E-state index in [0.717, 1.165) is 6.42 Å². The van der Waals surface area contributed by atoms with Crippen LogP contribution in [0.15, 0.2) is 146 Å². The second kappa shape index (κ2) is 9.50. The average Bonchev–Trinajstić information content (AvgIpc) is 3.27. The van der Waals surface area contributed by atoms with Crippen LogP contribution in [0.5, 0.6) is 0 Å². The van der Waals surface area contributed by atoms with Gasteiger partial charge < -0.3 is 0 Å². The molecule has 0 radical (unpaired) electrons. The predicted molar refractivity (Wildman–Crippen MR) is 161 cm³/mol. The molecule has 1 heteroatoms. The Morgan fingerprint density at radius 3 is 1.70 bits per heavy atom. The molecule has 0 aromatic heterocycles. The lowest BCUT2D eigenvalue weighted by atomic mass is 9.66. The topological polar surface area (TPSA) is 0 Å². The molecule has 0 unspecified atom stereocenters. The molecule has 0 fully saturated rings. The molecular weight excluding hydrogens is 460 g/mol. The minimum Gasteiger partial charge on any atom is -0.0626 e. The van der Waals surface area contributed by atoms with Gasteiger partial charge in [-0.05, 0) is 45.0 Å². The maximum absolute atomic E-state index is 2.53. The molecule has 0 heterocycles. The van der Waals surface area contributed by atoms with Gasteiger partial charge in [0.15, 0.2) is 0 Å². The van der Waals surface area contributed by atoms with Crippen LogP contribution in [0.4, 0.5) is 0 Å². The summed E-state index contributed by atoms with van der Waals surface area (Å²) in [6.07, 6.45) is 0.919. The molecule has 6 rings (SSSR count). The second-order valence-electron chi connectivity index (χ2n) is 10.6. The Morgan fingerprint density at radius 2 is 1.05 bits per heavy atom. The zero-order valence-electron chi connectivity index (χ0n) is 21.6. The van der Waals surface area contributed by atoms with Gasteiger partial charge in [-0.1, -0.05) is 164 Å². The maximum atomic E-state index is 2.53. The van der Waals surface area contributed by atoms with Crippen molar-refractivity contribution in [2.75, 3.05) is 0 Å². The zero-order valence-corrected chi connectivity index (χ0v) is 22.6. The average molecular weight is 493 g/mol. The fourth-order valence-corrected chi connectivity index (χ4v) is 9.60. The van der Waals surface area contributed by atoms with Gasteiger partial charge in [0.2, 0.25) is 0 Å². The van der Waals surface area contributed by atoms with Gasteiger partial charge in [0.25, 0.3) is 0 Å². The van der Waals surface area contributed by atoms with E-state index in [1.165, 1.54) is 38.6 Å². The first kappa shape index (κ1) is 23.5. The minimum atomic E-state index is -2.10. The highest BCUT2D eigenvalue weighted by Crippen LogP contribution is 2.58. The third kappa shape index (κ3) is 3.91. The van der Waals surface area contributed by atoms with E-state index in [2.05, 4.69) is 159 Å². The molecule has 0 bridgehead atoms. The van der Waals surface area contributed by atoms with Gasteiger partial charge in [-0.15, -0.1) is 0 Å². The van der Waals surface area contributed by atoms with Crippen LogP contribution >= 0.6 is 0 Å². The number of fused-ring (bicyclic) bond motifs is 1. The van der Waals surface area contributed by atoms with Gasteiger partial charge in [-0.25, -0.2) is 0 Å². The first-order valence-corrected chi connectivity index (χ1v) is 16.2. The van der Waals surface area contributed by atoms with Crippen molar-refractivity contribution in [2.24, 2.45) is 0 Å². The van der Waals surface area contributed by atoms with Gasteiger partial charge in [0, 0.05) is 0 Å². The second-order valence-corrected chi connectivity index (χ2v) is 14.9. The summed E-state index contributed by atoms with van der Waals surface area (Å²) >= 11 is 0. The number of allylic oxidation sites excluding steroid dienone is 1. The highest BCUT2D eigenvalue weighted by molar-refractivity contribution is 7.06. The Kier molecular flexibility index (Phi) is 6.02. The van der Waals surface area contributed by atoms with Gasteiger partial charge in [0.05, 0.1) is 5.41 Å². The molecule has 1 atom stereocenters. The van der Waals surface area contributed by atoms with Crippen molar-refractivity contribution in [3.05, 3.63) is 173 Å². The minimum absolute atomic E-state index is 0.283. The Balaban J connectivity index is 1.77. The molecule has 180 valence electrons. The predicted octanol–water partition coefficient (Wildman–Crippen LogP) is 8.29. The zero-order chi connectivity index (χ0) is 25.3. The largest absolute Gasteiger partial charge is 0.113 e. The summed E-state index contributed by atoms with van der Waals surface area (Å²) in [4.78, 5) is 0. The maximum Gasteiger partial charge on any atom is 0.113 e. The van der Waals surface area contributed by atoms with Gasteiger partial charge in [0.1, 0.15) is 8.07 Å². The van der Waals surface area contributed by atoms with Crippen molar-refractivity contribution in [3.8, 4) is 0 Å². The lowest BCUT2D eigenvalue weighted by Gasteiger charge is -2.37.